The number of halogens is 2. The van der Waals surface area contributed by atoms with Gasteiger partial charge in [0.05, 0.1) is 6.42 Å². The highest BCUT2D eigenvalue weighted by atomic mass is 35.5. The van der Waals surface area contributed by atoms with Crippen LogP contribution in [-0.2, 0) is 22.6 Å². The fourth-order valence-corrected chi connectivity index (χ4v) is 2.93. The second kappa shape index (κ2) is 9.51. The summed E-state index contributed by atoms with van der Waals surface area (Å²) in [6.45, 7) is 5.35. The first kappa shape index (κ1) is 20.9. The summed E-state index contributed by atoms with van der Waals surface area (Å²) in [6.07, 6.45) is 0.0777. The van der Waals surface area contributed by atoms with Gasteiger partial charge in [0.1, 0.15) is 11.9 Å². The number of benzene rings is 2. The Morgan fingerprint density at radius 2 is 1.81 bits per heavy atom. The molecular weight excluding hydrogens is 367 g/mol. The number of carbonyl (C=O) groups is 2. The van der Waals surface area contributed by atoms with Gasteiger partial charge in [-0.25, -0.2) is 4.39 Å². The Kier molecular flexibility index (Phi) is 7.36. The van der Waals surface area contributed by atoms with E-state index in [1.165, 1.54) is 11.0 Å². The van der Waals surface area contributed by atoms with E-state index < -0.39 is 11.9 Å². The first-order valence-electron chi connectivity index (χ1n) is 8.85. The highest BCUT2D eigenvalue weighted by molar-refractivity contribution is 6.30. The van der Waals surface area contributed by atoms with Crippen LogP contribution in [-0.4, -0.2) is 28.8 Å². The molecule has 0 aliphatic heterocycles. The largest absolute Gasteiger partial charge is 0.352 e. The summed E-state index contributed by atoms with van der Waals surface area (Å²) in [5.41, 5.74) is 1.10. The Morgan fingerprint density at radius 1 is 1.11 bits per heavy atom. The lowest BCUT2D eigenvalue weighted by atomic mass is 10.1. The average molecular weight is 391 g/mol. The second-order valence-electron chi connectivity index (χ2n) is 6.76. The van der Waals surface area contributed by atoms with E-state index in [9.17, 15) is 14.0 Å². The van der Waals surface area contributed by atoms with Crippen molar-refractivity contribution in [1.82, 2.24) is 10.2 Å². The minimum absolute atomic E-state index is 0.0127. The molecular formula is C21H24ClFN2O2. The predicted octanol–water partition coefficient (Wildman–Crippen LogP) is 3.96. The van der Waals surface area contributed by atoms with Crippen molar-refractivity contribution >= 4 is 23.4 Å². The Balaban J connectivity index is 2.26. The molecule has 144 valence electrons. The molecule has 0 radical (unpaired) electrons. The summed E-state index contributed by atoms with van der Waals surface area (Å²) in [5.74, 6) is -0.956. The SMILES string of the molecule is CC(C)NC(=O)C(C)N(Cc1ccccc1F)C(=O)Cc1cccc(Cl)c1. The molecule has 2 rings (SSSR count). The van der Waals surface area contributed by atoms with Crippen LogP contribution in [0.15, 0.2) is 48.5 Å². The topological polar surface area (TPSA) is 49.4 Å². The molecule has 4 nitrogen and oxygen atoms in total. The Morgan fingerprint density at radius 3 is 2.44 bits per heavy atom. The van der Waals surface area contributed by atoms with Crippen molar-refractivity contribution < 1.29 is 14.0 Å². The fourth-order valence-electron chi connectivity index (χ4n) is 2.72. The average Bonchev–Trinajstić information content (AvgIpc) is 2.59. The van der Waals surface area contributed by atoms with Crippen molar-refractivity contribution in [3.05, 3.63) is 70.5 Å². The minimum atomic E-state index is -0.737. The van der Waals surface area contributed by atoms with Crippen LogP contribution in [0.25, 0.3) is 0 Å². The lowest BCUT2D eigenvalue weighted by Crippen LogP contribution is -2.49. The van der Waals surface area contributed by atoms with Crippen LogP contribution in [0, 0.1) is 5.82 Å². The van der Waals surface area contributed by atoms with E-state index in [1.54, 1.807) is 49.4 Å². The molecule has 2 amide bonds. The Labute approximate surface area is 164 Å². The van der Waals surface area contributed by atoms with E-state index in [-0.39, 0.29) is 30.8 Å². The number of hydrogen-bond acceptors (Lipinski definition) is 2. The van der Waals surface area contributed by atoms with Crippen LogP contribution in [0.2, 0.25) is 5.02 Å². The van der Waals surface area contributed by atoms with Gasteiger partial charge in [-0.3, -0.25) is 9.59 Å². The van der Waals surface area contributed by atoms with Gasteiger partial charge in [0.2, 0.25) is 11.8 Å². The normalized spacial score (nSPS) is 11.9. The zero-order chi connectivity index (χ0) is 20.0. The van der Waals surface area contributed by atoms with Crippen LogP contribution in [0.4, 0.5) is 4.39 Å². The monoisotopic (exact) mass is 390 g/mol. The number of carbonyl (C=O) groups excluding carboxylic acids is 2. The third kappa shape index (κ3) is 6.07. The molecule has 1 unspecified atom stereocenters. The van der Waals surface area contributed by atoms with Crippen molar-refractivity contribution in [3.8, 4) is 0 Å². The quantitative estimate of drug-likeness (QED) is 0.777. The highest BCUT2D eigenvalue weighted by Crippen LogP contribution is 2.16. The van der Waals surface area contributed by atoms with Gasteiger partial charge in [0.15, 0.2) is 0 Å². The number of nitrogens with zero attached hydrogens (tertiary/aromatic N) is 1. The molecule has 1 N–H and O–H groups in total. The molecule has 1 atom stereocenters. The van der Waals surface area contributed by atoms with Crippen LogP contribution in [0.1, 0.15) is 31.9 Å². The van der Waals surface area contributed by atoms with Gasteiger partial charge < -0.3 is 10.2 Å². The lowest BCUT2D eigenvalue weighted by Gasteiger charge is -2.29. The van der Waals surface area contributed by atoms with Gasteiger partial charge >= 0.3 is 0 Å². The third-order valence-electron chi connectivity index (χ3n) is 4.14. The van der Waals surface area contributed by atoms with E-state index >= 15 is 0 Å². The molecule has 0 saturated heterocycles. The Hall–Kier alpha value is -2.40. The van der Waals surface area contributed by atoms with Gasteiger partial charge in [-0.2, -0.15) is 0 Å². The van der Waals surface area contributed by atoms with E-state index in [0.717, 1.165) is 5.56 Å². The maximum absolute atomic E-state index is 14.1. The van der Waals surface area contributed by atoms with Crippen molar-refractivity contribution in [2.45, 2.75) is 45.8 Å². The lowest BCUT2D eigenvalue weighted by molar-refractivity contribution is -0.140. The van der Waals surface area contributed by atoms with Crippen LogP contribution in [0.5, 0.6) is 0 Å². The van der Waals surface area contributed by atoms with Gasteiger partial charge in [-0.05, 0) is 44.5 Å². The molecule has 0 fully saturated rings. The number of amides is 2. The van der Waals surface area contributed by atoms with Gasteiger partial charge in [-0.15, -0.1) is 0 Å². The minimum Gasteiger partial charge on any atom is -0.352 e. The number of nitrogens with one attached hydrogen (secondary N) is 1. The van der Waals surface area contributed by atoms with E-state index in [4.69, 9.17) is 11.6 Å². The van der Waals surface area contributed by atoms with Gasteiger partial charge in [-0.1, -0.05) is 41.9 Å². The molecule has 0 bridgehead atoms. The van der Waals surface area contributed by atoms with E-state index in [1.807, 2.05) is 13.8 Å². The zero-order valence-electron chi connectivity index (χ0n) is 15.7. The molecule has 0 saturated carbocycles. The molecule has 0 aliphatic rings. The molecule has 2 aromatic rings. The van der Waals surface area contributed by atoms with Crippen LogP contribution < -0.4 is 5.32 Å². The molecule has 6 heteroatoms. The summed E-state index contributed by atoms with van der Waals surface area (Å²) in [6, 6.07) is 12.5. The fraction of sp³-hybridized carbons (Fsp3) is 0.333. The molecule has 2 aromatic carbocycles. The van der Waals surface area contributed by atoms with Crippen molar-refractivity contribution in [1.29, 1.82) is 0 Å². The smallest absolute Gasteiger partial charge is 0.242 e. The number of rotatable bonds is 7. The zero-order valence-corrected chi connectivity index (χ0v) is 16.5. The summed E-state index contributed by atoms with van der Waals surface area (Å²) < 4.78 is 14.1. The molecule has 27 heavy (non-hydrogen) atoms. The molecule has 0 heterocycles. The first-order chi connectivity index (χ1) is 12.8. The standard InChI is InChI=1S/C21H24ClFN2O2/c1-14(2)24-21(27)15(3)25(13-17-8-4-5-10-19(17)23)20(26)12-16-7-6-9-18(22)11-16/h4-11,14-15H,12-13H2,1-3H3,(H,24,27). The van der Waals surface area contributed by atoms with Crippen molar-refractivity contribution in [3.63, 3.8) is 0 Å². The maximum atomic E-state index is 14.1. The summed E-state index contributed by atoms with van der Waals surface area (Å²) in [4.78, 5) is 26.8. The summed E-state index contributed by atoms with van der Waals surface area (Å²) in [5, 5.41) is 3.34. The maximum Gasteiger partial charge on any atom is 0.242 e. The molecule has 0 aliphatic carbocycles. The van der Waals surface area contributed by atoms with Gasteiger partial charge in [0.25, 0.3) is 0 Å². The summed E-state index contributed by atoms with van der Waals surface area (Å²) in [7, 11) is 0. The van der Waals surface area contributed by atoms with E-state index in [0.29, 0.717) is 10.6 Å². The van der Waals surface area contributed by atoms with Crippen molar-refractivity contribution in [2.75, 3.05) is 0 Å². The van der Waals surface area contributed by atoms with Gasteiger partial charge in [0, 0.05) is 23.2 Å². The van der Waals surface area contributed by atoms with Crippen LogP contribution >= 0.6 is 11.6 Å². The first-order valence-corrected chi connectivity index (χ1v) is 9.23. The molecule has 0 aromatic heterocycles. The second-order valence-corrected chi connectivity index (χ2v) is 7.20. The predicted molar refractivity (Wildman–Crippen MR) is 105 cm³/mol. The highest BCUT2D eigenvalue weighted by Gasteiger charge is 2.27. The van der Waals surface area contributed by atoms with Crippen molar-refractivity contribution in [2.24, 2.45) is 0 Å². The summed E-state index contributed by atoms with van der Waals surface area (Å²) >= 11 is 5.99. The third-order valence-corrected chi connectivity index (χ3v) is 4.38. The van der Waals surface area contributed by atoms with Crippen LogP contribution in [0.3, 0.4) is 0 Å². The Bertz CT molecular complexity index is 810. The molecule has 0 spiro atoms. The van der Waals surface area contributed by atoms with E-state index in [2.05, 4.69) is 5.32 Å². The number of hydrogen-bond donors (Lipinski definition) is 1.